The number of hydrogen-bond acceptors (Lipinski definition) is 3. The minimum atomic E-state index is 0.480. The van der Waals surface area contributed by atoms with Crippen LogP contribution >= 0.6 is 23.4 Å². The van der Waals surface area contributed by atoms with Gasteiger partial charge in [-0.1, -0.05) is 36.7 Å². The van der Waals surface area contributed by atoms with Crippen molar-refractivity contribution in [3.63, 3.8) is 0 Å². The van der Waals surface area contributed by atoms with Crippen LogP contribution in [-0.4, -0.2) is 5.75 Å². The summed E-state index contributed by atoms with van der Waals surface area (Å²) >= 11 is 7.76. The first-order valence-electron chi connectivity index (χ1n) is 6.56. The van der Waals surface area contributed by atoms with Gasteiger partial charge in [-0.15, -0.1) is 11.8 Å². The van der Waals surface area contributed by atoms with E-state index < -0.39 is 0 Å². The number of hydrogen-bond donors (Lipinski definition) is 1. The third-order valence-electron chi connectivity index (χ3n) is 2.88. The first kappa shape index (κ1) is 15.2. The molecule has 0 amide bonds. The zero-order chi connectivity index (χ0) is 14.4. The molecule has 0 saturated carbocycles. The minimum absolute atomic E-state index is 0.480. The van der Waals surface area contributed by atoms with Gasteiger partial charge < -0.3 is 10.5 Å². The van der Waals surface area contributed by atoms with Gasteiger partial charge in [-0.3, -0.25) is 0 Å². The molecular weight excluding hydrogens is 290 g/mol. The molecule has 2 aromatic rings. The summed E-state index contributed by atoms with van der Waals surface area (Å²) < 4.78 is 5.90. The van der Waals surface area contributed by atoms with Crippen molar-refractivity contribution < 1.29 is 4.74 Å². The monoisotopic (exact) mass is 307 g/mol. The molecule has 0 aliphatic rings. The van der Waals surface area contributed by atoms with Crippen molar-refractivity contribution in [1.29, 1.82) is 0 Å². The molecule has 20 heavy (non-hydrogen) atoms. The van der Waals surface area contributed by atoms with Crippen LogP contribution < -0.4 is 10.5 Å². The Balaban J connectivity index is 2.14. The van der Waals surface area contributed by atoms with Crippen molar-refractivity contribution in [3.8, 4) is 5.75 Å². The third kappa shape index (κ3) is 3.92. The zero-order valence-corrected chi connectivity index (χ0v) is 13.0. The van der Waals surface area contributed by atoms with E-state index in [1.54, 1.807) is 11.8 Å². The molecule has 0 radical (unpaired) electrons. The molecule has 0 fully saturated rings. The quantitative estimate of drug-likeness (QED) is 0.799. The van der Waals surface area contributed by atoms with Crippen molar-refractivity contribution in [2.24, 2.45) is 5.73 Å². The number of rotatable bonds is 6. The van der Waals surface area contributed by atoms with Crippen molar-refractivity contribution >= 4 is 23.4 Å². The number of thioether (sulfide) groups is 1. The molecule has 0 atom stereocenters. The SMILES string of the molecule is CCSc1cccc(OCc2cccc(Cl)c2)c1CN. The second-order valence-corrected chi connectivity index (χ2v) is 6.03. The fraction of sp³-hybridized carbons (Fsp3) is 0.250. The van der Waals surface area contributed by atoms with Crippen molar-refractivity contribution in [2.75, 3.05) is 5.75 Å². The average Bonchev–Trinajstić information content (AvgIpc) is 2.45. The van der Waals surface area contributed by atoms with E-state index >= 15 is 0 Å². The maximum Gasteiger partial charge on any atom is 0.125 e. The van der Waals surface area contributed by atoms with Crippen LogP contribution in [0.25, 0.3) is 0 Å². The molecule has 0 bridgehead atoms. The number of nitrogens with two attached hydrogens (primary N) is 1. The summed E-state index contributed by atoms with van der Waals surface area (Å²) in [5.74, 6) is 1.87. The van der Waals surface area contributed by atoms with E-state index in [0.29, 0.717) is 13.2 Å². The van der Waals surface area contributed by atoms with E-state index in [9.17, 15) is 0 Å². The first-order valence-corrected chi connectivity index (χ1v) is 7.93. The molecule has 106 valence electrons. The van der Waals surface area contributed by atoms with E-state index in [0.717, 1.165) is 27.7 Å². The Morgan fingerprint density at radius 2 is 2.00 bits per heavy atom. The van der Waals surface area contributed by atoms with Gasteiger partial charge in [0.1, 0.15) is 12.4 Å². The van der Waals surface area contributed by atoms with E-state index in [4.69, 9.17) is 22.1 Å². The van der Waals surface area contributed by atoms with Gasteiger partial charge in [-0.2, -0.15) is 0 Å². The predicted molar refractivity (Wildman–Crippen MR) is 86.5 cm³/mol. The summed E-state index contributed by atoms with van der Waals surface area (Å²) in [5.41, 5.74) is 7.98. The summed E-state index contributed by atoms with van der Waals surface area (Å²) in [6.45, 7) is 3.10. The molecule has 0 saturated heterocycles. The van der Waals surface area contributed by atoms with Crippen LogP contribution in [0.1, 0.15) is 18.1 Å². The maximum absolute atomic E-state index is 5.97. The predicted octanol–water partition coefficient (Wildman–Crippen LogP) is 4.49. The van der Waals surface area contributed by atoms with Crippen LogP contribution in [0, 0.1) is 0 Å². The lowest BCUT2D eigenvalue weighted by Gasteiger charge is -2.14. The molecule has 0 aromatic heterocycles. The van der Waals surface area contributed by atoms with Gasteiger partial charge in [0.25, 0.3) is 0 Å². The first-order chi connectivity index (χ1) is 9.74. The van der Waals surface area contributed by atoms with Crippen LogP contribution in [0.5, 0.6) is 5.75 Å². The molecular formula is C16H18ClNOS. The number of halogens is 1. The lowest BCUT2D eigenvalue weighted by molar-refractivity contribution is 0.302. The molecule has 4 heteroatoms. The lowest BCUT2D eigenvalue weighted by atomic mass is 10.2. The Morgan fingerprint density at radius 1 is 1.20 bits per heavy atom. The summed E-state index contributed by atoms with van der Waals surface area (Å²) in [5, 5.41) is 0.723. The molecule has 2 N–H and O–H groups in total. The Labute approximate surface area is 129 Å². The molecule has 0 aliphatic carbocycles. The normalized spacial score (nSPS) is 10.6. The van der Waals surface area contributed by atoms with Gasteiger partial charge in [0.05, 0.1) is 0 Å². The van der Waals surface area contributed by atoms with E-state index in [1.165, 1.54) is 4.90 Å². The fourth-order valence-corrected chi connectivity index (χ4v) is 3.02. The van der Waals surface area contributed by atoms with Crippen LogP contribution in [-0.2, 0) is 13.2 Å². The van der Waals surface area contributed by atoms with Crippen LogP contribution in [0.15, 0.2) is 47.4 Å². The van der Waals surface area contributed by atoms with Gasteiger partial charge in [-0.05, 0) is 35.6 Å². The highest BCUT2D eigenvalue weighted by Gasteiger charge is 2.08. The van der Waals surface area contributed by atoms with E-state index in [1.807, 2.05) is 36.4 Å². The molecule has 2 aromatic carbocycles. The summed E-state index contributed by atoms with van der Waals surface area (Å²) in [7, 11) is 0. The van der Waals surface area contributed by atoms with E-state index in [-0.39, 0.29) is 0 Å². The van der Waals surface area contributed by atoms with Crippen molar-refractivity contribution in [2.45, 2.75) is 25.0 Å². The summed E-state index contributed by atoms with van der Waals surface area (Å²) in [6.07, 6.45) is 0. The van der Waals surface area contributed by atoms with E-state index in [2.05, 4.69) is 13.0 Å². The Bertz CT molecular complexity index is 574. The lowest BCUT2D eigenvalue weighted by Crippen LogP contribution is -2.04. The maximum atomic E-state index is 5.97. The molecule has 2 rings (SSSR count). The molecule has 0 aliphatic heterocycles. The van der Waals surface area contributed by atoms with Crippen LogP contribution in [0.3, 0.4) is 0 Å². The largest absolute Gasteiger partial charge is 0.489 e. The zero-order valence-electron chi connectivity index (χ0n) is 11.4. The smallest absolute Gasteiger partial charge is 0.125 e. The third-order valence-corrected chi connectivity index (χ3v) is 4.09. The summed E-state index contributed by atoms with van der Waals surface area (Å²) in [6, 6.07) is 13.7. The molecule has 0 spiro atoms. The topological polar surface area (TPSA) is 35.2 Å². The highest BCUT2D eigenvalue weighted by atomic mass is 35.5. The van der Waals surface area contributed by atoms with Crippen LogP contribution in [0.4, 0.5) is 0 Å². The van der Waals surface area contributed by atoms with Gasteiger partial charge >= 0.3 is 0 Å². The van der Waals surface area contributed by atoms with Crippen molar-refractivity contribution in [3.05, 3.63) is 58.6 Å². The Morgan fingerprint density at radius 3 is 2.70 bits per heavy atom. The fourth-order valence-electron chi connectivity index (χ4n) is 1.96. The average molecular weight is 308 g/mol. The molecule has 2 nitrogen and oxygen atoms in total. The van der Waals surface area contributed by atoms with Crippen LogP contribution in [0.2, 0.25) is 5.02 Å². The minimum Gasteiger partial charge on any atom is -0.489 e. The van der Waals surface area contributed by atoms with Crippen molar-refractivity contribution in [1.82, 2.24) is 0 Å². The standard InChI is InChI=1S/C16H18ClNOS/c1-2-20-16-8-4-7-15(14(16)10-18)19-11-12-5-3-6-13(17)9-12/h3-9H,2,10-11,18H2,1H3. The molecule has 0 unspecified atom stereocenters. The highest BCUT2D eigenvalue weighted by Crippen LogP contribution is 2.30. The summed E-state index contributed by atoms with van der Waals surface area (Å²) in [4.78, 5) is 1.19. The Hall–Kier alpha value is -1.16. The Kier molecular flexibility index (Phi) is 5.77. The highest BCUT2D eigenvalue weighted by molar-refractivity contribution is 7.99. The molecule has 0 heterocycles. The van der Waals surface area contributed by atoms with Gasteiger partial charge in [0.2, 0.25) is 0 Å². The second-order valence-electron chi connectivity index (χ2n) is 4.29. The number of benzene rings is 2. The van der Waals surface area contributed by atoms with Gasteiger partial charge in [0, 0.05) is 22.0 Å². The van der Waals surface area contributed by atoms with Gasteiger partial charge in [0.15, 0.2) is 0 Å². The second kappa shape index (κ2) is 7.58. The number of ether oxygens (including phenoxy) is 1. The van der Waals surface area contributed by atoms with Gasteiger partial charge in [-0.25, -0.2) is 0 Å².